The lowest BCUT2D eigenvalue weighted by molar-refractivity contribution is 0.475. The number of aromatic nitrogens is 4. The smallest absolute Gasteiger partial charge is 0.166 e. The average molecular weight is 458 g/mol. The van der Waals surface area contributed by atoms with Gasteiger partial charge in [-0.3, -0.25) is 0 Å². The average Bonchev–Trinajstić information content (AvgIpc) is 3.40. The number of aryl methyl sites for hydroxylation is 1. The third kappa shape index (κ3) is 4.04. The van der Waals surface area contributed by atoms with Gasteiger partial charge in [0.15, 0.2) is 22.8 Å². The highest BCUT2D eigenvalue weighted by Gasteiger charge is 2.20. The molecule has 0 spiro atoms. The zero-order valence-electron chi connectivity index (χ0n) is 19.0. The Labute approximate surface area is 197 Å². The first-order valence-corrected chi connectivity index (χ1v) is 12.2. The molecule has 0 bridgehead atoms. The molecule has 3 aromatic heterocycles. The number of rotatable bonds is 7. The van der Waals surface area contributed by atoms with Crippen molar-refractivity contribution in [3.05, 3.63) is 65.3 Å². The SMILES string of the molecule is CCC(C)n1c(C)nc2c(NCCc3ccc(O)cc3)nc(-c3csc4ccccc34)nc21. The molecular weight excluding hydrogens is 430 g/mol. The quantitative estimate of drug-likeness (QED) is 0.298. The summed E-state index contributed by atoms with van der Waals surface area (Å²) >= 11 is 1.71. The van der Waals surface area contributed by atoms with Crippen molar-refractivity contribution in [3.63, 3.8) is 0 Å². The number of hydrogen-bond donors (Lipinski definition) is 2. The van der Waals surface area contributed by atoms with Gasteiger partial charge in [-0.25, -0.2) is 15.0 Å². The minimum Gasteiger partial charge on any atom is -0.508 e. The van der Waals surface area contributed by atoms with Gasteiger partial charge in [0, 0.05) is 33.6 Å². The molecule has 1 atom stereocenters. The molecule has 168 valence electrons. The Morgan fingerprint density at radius 1 is 1.06 bits per heavy atom. The number of imidazole rings is 1. The lowest BCUT2D eigenvalue weighted by atomic mass is 10.1. The number of nitrogens with zero attached hydrogens (tertiary/aromatic N) is 4. The van der Waals surface area contributed by atoms with Crippen LogP contribution in [0.2, 0.25) is 0 Å². The summed E-state index contributed by atoms with van der Waals surface area (Å²) in [6.45, 7) is 7.12. The molecule has 0 saturated heterocycles. The summed E-state index contributed by atoms with van der Waals surface area (Å²) in [5.74, 6) is 2.70. The van der Waals surface area contributed by atoms with Gasteiger partial charge in [-0.15, -0.1) is 11.3 Å². The summed E-state index contributed by atoms with van der Waals surface area (Å²) in [6.07, 6.45) is 1.81. The van der Waals surface area contributed by atoms with Crippen molar-refractivity contribution >= 4 is 38.4 Å². The fourth-order valence-electron chi connectivity index (χ4n) is 4.18. The molecule has 0 saturated carbocycles. The van der Waals surface area contributed by atoms with E-state index in [9.17, 15) is 5.11 Å². The normalized spacial score (nSPS) is 12.5. The summed E-state index contributed by atoms with van der Waals surface area (Å²) in [5.41, 5.74) is 3.88. The number of phenolic OH excluding ortho intramolecular Hbond substituents is 1. The summed E-state index contributed by atoms with van der Waals surface area (Å²) in [6, 6.07) is 16.0. The summed E-state index contributed by atoms with van der Waals surface area (Å²) in [4.78, 5) is 14.8. The zero-order chi connectivity index (χ0) is 22.9. The van der Waals surface area contributed by atoms with Crippen LogP contribution < -0.4 is 5.32 Å². The maximum Gasteiger partial charge on any atom is 0.166 e. The van der Waals surface area contributed by atoms with Gasteiger partial charge >= 0.3 is 0 Å². The maximum absolute atomic E-state index is 9.53. The molecule has 2 N–H and O–H groups in total. The second-order valence-electron chi connectivity index (χ2n) is 8.34. The summed E-state index contributed by atoms with van der Waals surface area (Å²) in [5, 5.41) is 16.3. The van der Waals surface area contributed by atoms with Crippen LogP contribution in [0.15, 0.2) is 53.9 Å². The number of thiophene rings is 1. The van der Waals surface area contributed by atoms with Crippen LogP contribution in [0, 0.1) is 6.92 Å². The number of benzene rings is 2. The van der Waals surface area contributed by atoms with E-state index in [0.717, 1.165) is 52.6 Å². The molecule has 3 heterocycles. The largest absolute Gasteiger partial charge is 0.508 e. The van der Waals surface area contributed by atoms with E-state index < -0.39 is 0 Å². The minimum atomic E-state index is 0.280. The molecule has 0 fully saturated rings. The molecule has 7 heteroatoms. The van der Waals surface area contributed by atoms with Gasteiger partial charge in [-0.05, 0) is 50.5 Å². The second-order valence-corrected chi connectivity index (χ2v) is 9.25. The van der Waals surface area contributed by atoms with E-state index in [1.54, 1.807) is 23.5 Å². The van der Waals surface area contributed by atoms with Gasteiger partial charge in [0.05, 0.1) is 0 Å². The number of aromatic hydroxyl groups is 1. The van der Waals surface area contributed by atoms with E-state index in [1.165, 1.54) is 10.1 Å². The predicted molar refractivity (Wildman–Crippen MR) is 136 cm³/mol. The molecule has 0 amide bonds. The van der Waals surface area contributed by atoms with Crippen molar-refractivity contribution in [1.82, 2.24) is 19.5 Å². The predicted octanol–water partition coefficient (Wildman–Crippen LogP) is 6.35. The van der Waals surface area contributed by atoms with Crippen LogP contribution >= 0.6 is 11.3 Å². The standard InChI is InChI=1S/C26H27N5OS/c1-4-16(2)31-17(3)28-23-25(27-14-13-18-9-11-19(32)12-10-18)29-24(30-26(23)31)21-15-33-22-8-6-5-7-20(21)22/h5-12,15-16,32H,4,13-14H2,1-3H3,(H,27,29,30). The molecular formula is C26H27N5OS. The van der Waals surface area contributed by atoms with E-state index in [-0.39, 0.29) is 5.75 Å². The Bertz CT molecular complexity index is 1420. The van der Waals surface area contributed by atoms with Crippen LogP contribution in [0.4, 0.5) is 5.82 Å². The molecule has 0 aliphatic rings. The fraction of sp³-hybridized carbons (Fsp3) is 0.269. The van der Waals surface area contributed by atoms with Gasteiger partial charge in [-0.1, -0.05) is 37.3 Å². The number of nitrogens with one attached hydrogen (secondary N) is 1. The highest BCUT2D eigenvalue weighted by Crippen LogP contribution is 2.35. The molecule has 0 aliphatic carbocycles. The Balaban J connectivity index is 1.58. The van der Waals surface area contributed by atoms with Crippen molar-refractivity contribution in [1.29, 1.82) is 0 Å². The Morgan fingerprint density at radius 3 is 2.64 bits per heavy atom. The van der Waals surface area contributed by atoms with Crippen LogP contribution in [0.3, 0.4) is 0 Å². The maximum atomic E-state index is 9.53. The Kier molecular flexibility index (Phi) is 5.72. The van der Waals surface area contributed by atoms with Crippen molar-refractivity contribution in [2.24, 2.45) is 0 Å². The highest BCUT2D eigenvalue weighted by molar-refractivity contribution is 7.17. The molecule has 0 aliphatic heterocycles. The number of hydrogen-bond acceptors (Lipinski definition) is 6. The van der Waals surface area contributed by atoms with E-state index in [2.05, 4.69) is 53.4 Å². The van der Waals surface area contributed by atoms with E-state index in [0.29, 0.717) is 12.6 Å². The summed E-state index contributed by atoms with van der Waals surface area (Å²) < 4.78 is 3.45. The van der Waals surface area contributed by atoms with E-state index >= 15 is 0 Å². The molecule has 5 rings (SSSR count). The molecule has 5 aromatic rings. The Morgan fingerprint density at radius 2 is 1.85 bits per heavy atom. The molecule has 1 unspecified atom stereocenters. The van der Waals surface area contributed by atoms with Crippen LogP contribution in [0.25, 0.3) is 32.6 Å². The minimum absolute atomic E-state index is 0.280. The zero-order valence-corrected chi connectivity index (χ0v) is 19.9. The van der Waals surface area contributed by atoms with Crippen LogP contribution in [0.5, 0.6) is 5.75 Å². The third-order valence-electron chi connectivity index (χ3n) is 6.11. The number of fused-ring (bicyclic) bond motifs is 2. The molecule has 0 radical (unpaired) electrons. The van der Waals surface area contributed by atoms with Gasteiger partial charge in [0.2, 0.25) is 0 Å². The topological polar surface area (TPSA) is 75.9 Å². The van der Waals surface area contributed by atoms with Crippen LogP contribution in [-0.2, 0) is 6.42 Å². The fourth-order valence-corrected chi connectivity index (χ4v) is 5.11. The van der Waals surface area contributed by atoms with Crippen LogP contribution in [-0.4, -0.2) is 31.2 Å². The van der Waals surface area contributed by atoms with Gasteiger partial charge in [0.25, 0.3) is 0 Å². The molecule has 33 heavy (non-hydrogen) atoms. The van der Waals surface area contributed by atoms with E-state index in [1.807, 2.05) is 19.1 Å². The number of phenols is 1. The lowest BCUT2D eigenvalue weighted by Crippen LogP contribution is -2.10. The van der Waals surface area contributed by atoms with Crippen molar-refractivity contribution in [3.8, 4) is 17.1 Å². The van der Waals surface area contributed by atoms with Gasteiger partial charge in [0.1, 0.15) is 11.6 Å². The lowest BCUT2D eigenvalue weighted by Gasteiger charge is -2.14. The van der Waals surface area contributed by atoms with E-state index in [4.69, 9.17) is 15.0 Å². The first-order chi connectivity index (χ1) is 16.0. The van der Waals surface area contributed by atoms with Gasteiger partial charge in [-0.2, -0.15) is 0 Å². The second kappa shape index (κ2) is 8.83. The molecule has 2 aromatic carbocycles. The monoisotopic (exact) mass is 457 g/mol. The highest BCUT2D eigenvalue weighted by atomic mass is 32.1. The van der Waals surface area contributed by atoms with Gasteiger partial charge < -0.3 is 15.0 Å². The molecule has 6 nitrogen and oxygen atoms in total. The number of anilines is 1. The first kappa shape index (κ1) is 21.4. The Hall–Kier alpha value is -3.45. The third-order valence-corrected chi connectivity index (χ3v) is 7.08. The van der Waals surface area contributed by atoms with Crippen LogP contribution in [0.1, 0.15) is 37.7 Å². The first-order valence-electron chi connectivity index (χ1n) is 11.3. The van der Waals surface area contributed by atoms with Crippen molar-refractivity contribution in [2.75, 3.05) is 11.9 Å². The van der Waals surface area contributed by atoms with Crippen molar-refractivity contribution < 1.29 is 5.11 Å². The summed E-state index contributed by atoms with van der Waals surface area (Å²) in [7, 11) is 0. The van der Waals surface area contributed by atoms with Crippen molar-refractivity contribution in [2.45, 2.75) is 39.7 Å².